The van der Waals surface area contributed by atoms with Gasteiger partial charge in [-0.15, -0.1) is 0 Å². The number of nitrogens with one attached hydrogen (secondary N) is 1. The molecule has 0 radical (unpaired) electrons. The molecule has 8 nitrogen and oxygen atoms in total. The molecule has 0 unspecified atom stereocenters. The minimum Gasteiger partial charge on any atom is -0.497 e. The lowest BCUT2D eigenvalue weighted by Gasteiger charge is -2.26. The molecule has 0 spiro atoms. The lowest BCUT2D eigenvalue weighted by atomic mass is 10.2. The van der Waals surface area contributed by atoms with Crippen LogP contribution in [0.4, 0.5) is 11.4 Å². The van der Waals surface area contributed by atoms with Crippen molar-refractivity contribution >= 4 is 27.3 Å². The van der Waals surface area contributed by atoms with E-state index in [2.05, 4.69) is 11.9 Å². The quantitative estimate of drug-likeness (QED) is 0.395. The number of aryl methyl sites for hydroxylation is 1. The van der Waals surface area contributed by atoms with Crippen LogP contribution in [0.3, 0.4) is 0 Å². The summed E-state index contributed by atoms with van der Waals surface area (Å²) in [5.74, 6) is 0.774. The fraction of sp³-hybridized carbons (Fsp3) is 0.192. The highest BCUT2D eigenvalue weighted by Crippen LogP contribution is 2.35. The average molecular weight is 497 g/mol. The van der Waals surface area contributed by atoms with Crippen LogP contribution in [-0.4, -0.2) is 41.7 Å². The molecular weight excluding hydrogens is 468 g/mol. The molecule has 3 aromatic carbocycles. The van der Waals surface area contributed by atoms with Crippen LogP contribution >= 0.6 is 0 Å². The third-order valence-corrected chi connectivity index (χ3v) is 6.83. The molecule has 0 atom stereocenters. The van der Waals surface area contributed by atoms with Gasteiger partial charge in [0.1, 0.15) is 30.4 Å². The maximum atomic E-state index is 13.7. The number of hydrogen-bond acceptors (Lipinski definition) is 6. The summed E-state index contributed by atoms with van der Waals surface area (Å²) in [7, 11) is -1.22. The number of rotatable bonds is 11. The molecule has 0 aliphatic rings. The topological polar surface area (TPSA) is 94.2 Å². The first-order chi connectivity index (χ1) is 16.8. The summed E-state index contributed by atoms with van der Waals surface area (Å²) in [4.78, 5) is 13.1. The van der Waals surface area contributed by atoms with Gasteiger partial charge in [-0.2, -0.15) is 0 Å². The minimum absolute atomic E-state index is 0.0458. The summed E-state index contributed by atoms with van der Waals surface area (Å²) in [5, 5.41) is 2.73. The Balaban J connectivity index is 1.95. The van der Waals surface area contributed by atoms with Gasteiger partial charge in [0.25, 0.3) is 10.0 Å². The van der Waals surface area contributed by atoms with Crippen molar-refractivity contribution in [3.63, 3.8) is 0 Å². The molecule has 0 fully saturated rings. The van der Waals surface area contributed by atoms with Crippen LogP contribution in [-0.2, 0) is 14.8 Å². The molecule has 35 heavy (non-hydrogen) atoms. The zero-order valence-corrected chi connectivity index (χ0v) is 20.7. The number of benzene rings is 3. The Morgan fingerprint density at radius 3 is 2.23 bits per heavy atom. The first-order valence-corrected chi connectivity index (χ1v) is 12.2. The molecular formula is C26H28N2O6S. The van der Waals surface area contributed by atoms with Crippen LogP contribution in [0.5, 0.6) is 17.2 Å². The predicted octanol–water partition coefficient (Wildman–Crippen LogP) is 4.41. The van der Waals surface area contributed by atoms with Crippen LogP contribution in [0.2, 0.25) is 0 Å². The number of amides is 1. The number of anilines is 2. The van der Waals surface area contributed by atoms with Crippen molar-refractivity contribution in [3.05, 3.63) is 84.9 Å². The maximum Gasteiger partial charge on any atom is 0.264 e. The Kier molecular flexibility index (Phi) is 8.38. The molecule has 0 aliphatic carbocycles. The number of nitrogens with zero attached hydrogens (tertiary/aromatic N) is 1. The molecule has 0 heterocycles. The zero-order valence-electron chi connectivity index (χ0n) is 19.9. The third kappa shape index (κ3) is 6.33. The fourth-order valence-electron chi connectivity index (χ4n) is 3.25. The lowest BCUT2D eigenvalue weighted by molar-refractivity contribution is -0.114. The van der Waals surface area contributed by atoms with E-state index in [-0.39, 0.29) is 16.3 Å². The molecule has 0 aromatic heterocycles. The van der Waals surface area contributed by atoms with Crippen molar-refractivity contribution in [3.8, 4) is 17.2 Å². The van der Waals surface area contributed by atoms with E-state index >= 15 is 0 Å². The van der Waals surface area contributed by atoms with Crippen molar-refractivity contribution < 1.29 is 27.4 Å². The number of ether oxygens (including phenoxy) is 3. The highest BCUT2D eigenvalue weighted by molar-refractivity contribution is 7.92. The van der Waals surface area contributed by atoms with Crippen LogP contribution in [0, 0.1) is 6.92 Å². The molecule has 0 saturated carbocycles. The Labute approximate surface area is 205 Å². The van der Waals surface area contributed by atoms with Gasteiger partial charge < -0.3 is 19.5 Å². The van der Waals surface area contributed by atoms with E-state index in [0.29, 0.717) is 23.8 Å². The lowest BCUT2D eigenvalue weighted by Crippen LogP contribution is -2.38. The van der Waals surface area contributed by atoms with E-state index in [1.54, 1.807) is 54.6 Å². The Morgan fingerprint density at radius 2 is 1.63 bits per heavy atom. The molecule has 1 amide bonds. The fourth-order valence-corrected chi connectivity index (χ4v) is 4.67. The normalized spacial score (nSPS) is 10.8. The van der Waals surface area contributed by atoms with Crippen LogP contribution in [0.15, 0.2) is 84.3 Å². The summed E-state index contributed by atoms with van der Waals surface area (Å²) in [6, 6.07) is 17.9. The Hall–Kier alpha value is -3.98. The van der Waals surface area contributed by atoms with Gasteiger partial charge >= 0.3 is 0 Å². The number of hydrogen-bond donors (Lipinski definition) is 1. The van der Waals surface area contributed by atoms with Gasteiger partial charge in [-0.3, -0.25) is 9.10 Å². The summed E-state index contributed by atoms with van der Waals surface area (Å²) in [6.07, 6.45) is 1.63. The van der Waals surface area contributed by atoms with Crippen LogP contribution < -0.4 is 23.8 Å². The molecule has 9 heteroatoms. The van der Waals surface area contributed by atoms with Crippen LogP contribution in [0.1, 0.15) is 5.56 Å². The highest BCUT2D eigenvalue weighted by Gasteiger charge is 2.30. The summed E-state index contributed by atoms with van der Waals surface area (Å²) < 4.78 is 44.5. The molecule has 1 N–H and O–H groups in total. The maximum absolute atomic E-state index is 13.7. The number of sulfonamides is 1. The smallest absolute Gasteiger partial charge is 0.264 e. The molecule has 0 saturated heterocycles. The van der Waals surface area contributed by atoms with E-state index in [1.807, 2.05) is 6.92 Å². The van der Waals surface area contributed by atoms with Crippen molar-refractivity contribution in [2.75, 3.05) is 37.0 Å². The van der Waals surface area contributed by atoms with Gasteiger partial charge in [0.15, 0.2) is 0 Å². The predicted molar refractivity (Wildman–Crippen MR) is 136 cm³/mol. The number of carbonyl (C=O) groups is 1. The SMILES string of the molecule is C=CCOc1ccc(NC(=O)CN(c2cc(OC)ccc2OC)S(=O)(=O)c2ccc(C)cc2)cc1. The standard InChI is InChI=1S/C26H28N2O6S/c1-5-16-34-21-10-8-20(9-11-21)27-26(29)18-28(24-17-22(32-3)12-15-25(24)33-4)35(30,31)23-13-6-19(2)7-14-23/h5-15,17H,1,16,18H2,2-4H3,(H,27,29). The van der Waals surface area contributed by atoms with Crippen LogP contribution in [0.25, 0.3) is 0 Å². The molecule has 184 valence electrons. The Bertz CT molecular complexity index is 1270. The average Bonchev–Trinajstić information content (AvgIpc) is 2.86. The second-order valence-electron chi connectivity index (χ2n) is 7.53. The van der Waals surface area contributed by atoms with E-state index in [1.165, 1.54) is 32.4 Å². The third-order valence-electron chi connectivity index (χ3n) is 5.06. The van der Waals surface area contributed by atoms with Crippen molar-refractivity contribution in [1.29, 1.82) is 0 Å². The van der Waals surface area contributed by atoms with Gasteiger partial charge in [0, 0.05) is 11.8 Å². The monoisotopic (exact) mass is 496 g/mol. The summed E-state index contributed by atoms with van der Waals surface area (Å²) in [5.41, 5.74) is 1.58. The molecule has 3 rings (SSSR count). The van der Waals surface area contributed by atoms with Gasteiger partial charge in [-0.1, -0.05) is 30.4 Å². The van der Waals surface area contributed by atoms with Crippen molar-refractivity contribution in [1.82, 2.24) is 0 Å². The summed E-state index contributed by atoms with van der Waals surface area (Å²) in [6.45, 7) is 5.33. The largest absolute Gasteiger partial charge is 0.497 e. The van der Waals surface area contributed by atoms with Gasteiger partial charge in [0.05, 0.1) is 24.8 Å². The van der Waals surface area contributed by atoms with E-state index in [0.717, 1.165) is 9.87 Å². The molecule has 0 aliphatic heterocycles. The second kappa shape index (κ2) is 11.4. The van der Waals surface area contributed by atoms with E-state index < -0.39 is 22.5 Å². The summed E-state index contributed by atoms with van der Waals surface area (Å²) >= 11 is 0. The first kappa shape index (κ1) is 25.6. The van der Waals surface area contributed by atoms with E-state index in [4.69, 9.17) is 14.2 Å². The highest BCUT2D eigenvalue weighted by atomic mass is 32.2. The van der Waals surface area contributed by atoms with Gasteiger partial charge in [-0.05, 0) is 55.5 Å². The molecule has 3 aromatic rings. The first-order valence-electron chi connectivity index (χ1n) is 10.7. The Morgan fingerprint density at radius 1 is 0.971 bits per heavy atom. The molecule has 0 bridgehead atoms. The van der Waals surface area contributed by atoms with E-state index in [9.17, 15) is 13.2 Å². The zero-order chi connectivity index (χ0) is 25.4. The van der Waals surface area contributed by atoms with Crippen molar-refractivity contribution in [2.24, 2.45) is 0 Å². The van der Waals surface area contributed by atoms with Gasteiger partial charge in [-0.25, -0.2) is 8.42 Å². The number of methoxy groups -OCH3 is 2. The second-order valence-corrected chi connectivity index (χ2v) is 9.40. The number of carbonyl (C=O) groups excluding carboxylic acids is 1. The van der Waals surface area contributed by atoms with Crippen molar-refractivity contribution in [2.45, 2.75) is 11.8 Å². The van der Waals surface area contributed by atoms with Gasteiger partial charge in [0.2, 0.25) is 5.91 Å². The minimum atomic E-state index is -4.13.